The molecule has 27 heavy (non-hydrogen) atoms. The lowest BCUT2D eigenvalue weighted by Crippen LogP contribution is -2.26. The zero-order valence-corrected chi connectivity index (χ0v) is 16.4. The largest absolute Gasteiger partial charge is 0.300 e. The van der Waals surface area contributed by atoms with Gasteiger partial charge in [-0.3, -0.25) is 24.3 Å². The van der Waals surface area contributed by atoms with Gasteiger partial charge in [-0.25, -0.2) is 4.98 Å². The molecule has 1 aromatic carbocycles. The maximum absolute atomic E-state index is 12.2. The van der Waals surface area contributed by atoms with Gasteiger partial charge in [0, 0.05) is 27.0 Å². The maximum atomic E-state index is 12.2. The van der Waals surface area contributed by atoms with E-state index in [1.54, 1.807) is 0 Å². The van der Waals surface area contributed by atoms with Crippen LogP contribution in [0.1, 0.15) is 4.88 Å². The lowest BCUT2D eigenvalue weighted by atomic mass is 10.1. The van der Waals surface area contributed by atoms with Crippen LogP contribution in [0, 0.1) is 17.0 Å². The van der Waals surface area contributed by atoms with Gasteiger partial charge in [-0.1, -0.05) is 28.1 Å². The van der Waals surface area contributed by atoms with E-state index in [2.05, 4.69) is 26.2 Å². The molecule has 0 atom stereocenters. The fourth-order valence-electron chi connectivity index (χ4n) is 2.39. The number of anilines is 1. The Morgan fingerprint density at radius 1 is 1.30 bits per heavy atom. The summed E-state index contributed by atoms with van der Waals surface area (Å²) in [5, 5.41) is 13.9. The topological polar surface area (TPSA) is 107 Å². The normalized spacial score (nSPS) is 10.6. The zero-order chi connectivity index (χ0) is 19.6. The Morgan fingerprint density at radius 2 is 2.00 bits per heavy atom. The summed E-state index contributed by atoms with van der Waals surface area (Å²) >= 11 is 4.70. The number of aryl methyl sites for hydroxylation is 1. The van der Waals surface area contributed by atoms with Gasteiger partial charge in [0.25, 0.3) is 11.2 Å². The number of benzene rings is 1. The van der Waals surface area contributed by atoms with Crippen molar-refractivity contribution in [3.8, 4) is 11.3 Å². The first-order valence-electron chi connectivity index (χ1n) is 7.71. The lowest BCUT2D eigenvalue weighted by molar-refractivity contribution is -0.385. The van der Waals surface area contributed by atoms with Crippen molar-refractivity contribution < 1.29 is 9.72 Å². The predicted molar refractivity (Wildman–Crippen MR) is 106 cm³/mol. The summed E-state index contributed by atoms with van der Waals surface area (Å²) in [5.74, 6) is -0.492. The number of aromatic nitrogens is 2. The molecular formula is C17H13BrN4O4S. The maximum Gasteiger partial charge on any atom is 0.285 e. The van der Waals surface area contributed by atoms with Crippen molar-refractivity contribution in [2.24, 2.45) is 0 Å². The summed E-state index contributed by atoms with van der Waals surface area (Å²) in [6.07, 6.45) is 1.04. The molecule has 3 aromatic rings. The minimum absolute atomic E-state index is 0.259. The molecule has 0 saturated heterocycles. The molecule has 0 aliphatic carbocycles. The van der Waals surface area contributed by atoms with E-state index in [4.69, 9.17) is 0 Å². The number of thiazole rings is 1. The van der Waals surface area contributed by atoms with E-state index in [1.807, 2.05) is 31.2 Å². The monoisotopic (exact) mass is 448 g/mol. The number of hydrogen-bond acceptors (Lipinski definition) is 6. The molecule has 0 bridgehead atoms. The molecule has 1 N–H and O–H groups in total. The Hall–Kier alpha value is -2.85. The quantitative estimate of drug-likeness (QED) is 0.473. The Morgan fingerprint density at radius 3 is 2.67 bits per heavy atom. The summed E-state index contributed by atoms with van der Waals surface area (Å²) in [4.78, 5) is 39.6. The van der Waals surface area contributed by atoms with Gasteiger partial charge in [-0.2, -0.15) is 0 Å². The first kappa shape index (κ1) is 18.9. The van der Waals surface area contributed by atoms with Gasteiger partial charge in [0.1, 0.15) is 6.54 Å². The predicted octanol–water partition coefficient (Wildman–Crippen LogP) is 3.59. The standard InChI is InChI=1S/C17H13BrN4O4S/c1-10-16(11-2-4-12(18)5-3-11)20-17(27-10)19-14(23)9-21-8-13(22(25)26)6-7-15(21)24/h2-8H,9H2,1H3,(H,19,20,23). The van der Waals surface area contributed by atoms with Gasteiger partial charge in [0.05, 0.1) is 16.8 Å². The third kappa shape index (κ3) is 4.47. The summed E-state index contributed by atoms with van der Waals surface area (Å²) in [6.45, 7) is 1.56. The highest BCUT2D eigenvalue weighted by molar-refractivity contribution is 9.10. The van der Waals surface area contributed by atoms with Crippen LogP contribution in [0.2, 0.25) is 0 Å². The number of pyridine rings is 1. The molecule has 0 radical (unpaired) electrons. The summed E-state index contributed by atoms with van der Waals surface area (Å²) in [5.41, 5.74) is 0.921. The fourth-order valence-corrected chi connectivity index (χ4v) is 3.51. The van der Waals surface area contributed by atoms with Crippen molar-refractivity contribution in [1.82, 2.24) is 9.55 Å². The van der Waals surface area contributed by atoms with Crippen LogP contribution in [-0.2, 0) is 11.3 Å². The molecule has 0 saturated carbocycles. The summed E-state index contributed by atoms with van der Waals surface area (Å²) in [6, 6.07) is 9.80. The van der Waals surface area contributed by atoms with Crippen LogP contribution >= 0.6 is 27.3 Å². The Balaban J connectivity index is 1.76. The molecule has 0 spiro atoms. The number of nitro groups is 1. The first-order valence-corrected chi connectivity index (χ1v) is 9.32. The molecule has 2 aromatic heterocycles. The first-order chi connectivity index (χ1) is 12.8. The average Bonchev–Trinajstić information content (AvgIpc) is 2.97. The van der Waals surface area contributed by atoms with Gasteiger partial charge in [-0.05, 0) is 19.1 Å². The molecule has 8 nitrogen and oxygen atoms in total. The van der Waals surface area contributed by atoms with Crippen LogP contribution in [0.4, 0.5) is 10.8 Å². The van der Waals surface area contributed by atoms with E-state index < -0.39 is 16.4 Å². The van der Waals surface area contributed by atoms with Crippen molar-refractivity contribution in [2.45, 2.75) is 13.5 Å². The van der Waals surface area contributed by atoms with Crippen LogP contribution in [-0.4, -0.2) is 20.4 Å². The van der Waals surface area contributed by atoms with Crippen LogP contribution in [0.15, 0.2) is 51.9 Å². The van der Waals surface area contributed by atoms with E-state index in [0.29, 0.717) is 5.13 Å². The van der Waals surface area contributed by atoms with Crippen molar-refractivity contribution in [2.75, 3.05) is 5.32 Å². The molecule has 0 fully saturated rings. The van der Waals surface area contributed by atoms with Gasteiger partial charge >= 0.3 is 0 Å². The molecular weight excluding hydrogens is 436 g/mol. The number of halogens is 1. The van der Waals surface area contributed by atoms with Crippen LogP contribution in [0.25, 0.3) is 11.3 Å². The van der Waals surface area contributed by atoms with Crippen molar-refractivity contribution in [1.29, 1.82) is 0 Å². The minimum Gasteiger partial charge on any atom is -0.300 e. The molecule has 1 amide bonds. The fraction of sp³-hybridized carbons (Fsp3) is 0.118. The highest BCUT2D eigenvalue weighted by Crippen LogP contribution is 2.31. The number of carbonyl (C=O) groups excluding carboxylic acids is 1. The molecule has 0 unspecified atom stereocenters. The molecule has 10 heteroatoms. The van der Waals surface area contributed by atoms with Gasteiger partial charge in [0.15, 0.2) is 5.13 Å². The van der Waals surface area contributed by atoms with Crippen LogP contribution < -0.4 is 10.9 Å². The minimum atomic E-state index is -0.622. The Labute approximate surface area is 165 Å². The second-order valence-electron chi connectivity index (χ2n) is 5.59. The third-order valence-corrected chi connectivity index (χ3v) is 5.07. The van der Waals surface area contributed by atoms with E-state index in [9.17, 15) is 19.7 Å². The third-order valence-electron chi connectivity index (χ3n) is 3.65. The molecule has 3 rings (SSSR count). The van der Waals surface area contributed by atoms with Crippen molar-refractivity contribution >= 4 is 44.0 Å². The zero-order valence-electron chi connectivity index (χ0n) is 14.0. The average molecular weight is 449 g/mol. The smallest absolute Gasteiger partial charge is 0.285 e. The van der Waals surface area contributed by atoms with Crippen LogP contribution in [0.5, 0.6) is 0 Å². The lowest BCUT2D eigenvalue weighted by Gasteiger charge is -2.05. The summed E-state index contributed by atoms with van der Waals surface area (Å²) in [7, 11) is 0. The van der Waals surface area contributed by atoms with E-state index >= 15 is 0 Å². The van der Waals surface area contributed by atoms with Gasteiger partial charge in [0.2, 0.25) is 5.91 Å². The highest BCUT2D eigenvalue weighted by atomic mass is 79.9. The number of nitrogens with zero attached hydrogens (tertiary/aromatic N) is 3. The van der Waals surface area contributed by atoms with Crippen molar-refractivity contribution in [3.05, 3.63) is 72.4 Å². The number of amides is 1. The molecule has 2 heterocycles. The Bertz CT molecular complexity index is 1080. The van der Waals surface area contributed by atoms with Crippen molar-refractivity contribution in [3.63, 3.8) is 0 Å². The summed E-state index contributed by atoms with van der Waals surface area (Å²) < 4.78 is 1.94. The number of hydrogen-bond donors (Lipinski definition) is 1. The SMILES string of the molecule is Cc1sc(NC(=O)Cn2cc([N+](=O)[O-])ccc2=O)nc1-c1ccc(Br)cc1. The molecule has 138 valence electrons. The van der Waals surface area contributed by atoms with Gasteiger partial charge in [-0.15, -0.1) is 11.3 Å². The van der Waals surface area contributed by atoms with E-state index in [1.165, 1.54) is 11.3 Å². The number of carbonyl (C=O) groups is 1. The van der Waals surface area contributed by atoms with Crippen LogP contribution in [0.3, 0.4) is 0 Å². The molecule has 0 aliphatic heterocycles. The second kappa shape index (κ2) is 7.80. The highest BCUT2D eigenvalue weighted by Gasteiger charge is 2.14. The molecule has 0 aliphatic rings. The van der Waals surface area contributed by atoms with E-state index in [-0.39, 0.29) is 12.2 Å². The van der Waals surface area contributed by atoms with Gasteiger partial charge < -0.3 is 5.32 Å². The van der Waals surface area contributed by atoms with E-state index in [0.717, 1.165) is 43.5 Å². The Kier molecular flexibility index (Phi) is 5.47. The second-order valence-corrected chi connectivity index (χ2v) is 7.71. The number of nitrogens with one attached hydrogen (secondary N) is 1. The number of rotatable bonds is 5.